The first-order chi connectivity index (χ1) is 8.22. The first kappa shape index (κ1) is 13.5. The van der Waals surface area contributed by atoms with Gasteiger partial charge in [-0.05, 0) is 24.3 Å². The Morgan fingerprint density at radius 2 is 1.71 bits per heavy atom. The van der Waals surface area contributed by atoms with Crippen molar-refractivity contribution in [2.75, 3.05) is 38.3 Å². The lowest BCUT2D eigenvalue weighted by atomic mass is 10.2. The molecule has 2 N–H and O–H groups in total. The topological polar surface area (TPSA) is 70.0 Å². The molecule has 5 heteroatoms. The van der Waals surface area contributed by atoms with Crippen LogP contribution in [0.4, 0.5) is 5.69 Å². The van der Waals surface area contributed by atoms with Crippen LogP contribution in [0.15, 0.2) is 24.3 Å². The predicted octanol–water partition coefficient (Wildman–Crippen LogP) is 0.264. The Bertz CT molecular complexity index is 344. The summed E-state index contributed by atoms with van der Waals surface area (Å²) in [6, 6.07) is 6.83. The zero-order chi connectivity index (χ0) is 12.7. The maximum Gasteiger partial charge on any atom is 0.337 e. The first-order valence-corrected chi connectivity index (χ1v) is 5.38. The highest BCUT2D eigenvalue weighted by Crippen LogP contribution is 2.15. The highest BCUT2D eigenvalue weighted by Gasteiger charge is 2.08. The van der Waals surface area contributed by atoms with Crippen molar-refractivity contribution in [3.05, 3.63) is 29.8 Å². The number of esters is 1. The van der Waals surface area contributed by atoms with Gasteiger partial charge in [0, 0.05) is 18.8 Å². The summed E-state index contributed by atoms with van der Waals surface area (Å²) in [6.07, 6.45) is 0. The summed E-state index contributed by atoms with van der Waals surface area (Å²) >= 11 is 0. The van der Waals surface area contributed by atoms with E-state index in [0.29, 0.717) is 18.7 Å². The molecule has 0 amide bonds. The standard InChI is InChI=1S/C12H17NO4/c1-17-12(16)10-2-4-11(5-3-10)13(6-8-14)7-9-15/h2-5,14-15H,6-9H2,1H3. The molecule has 0 bridgehead atoms. The second kappa shape index (κ2) is 6.88. The Morgan fingerprint density at radius 3 is 2.12 bits per heavy atom. The molecule has 0 fully saturated rings. The molecule has 1 rings (SSSR count). The van der Waals surface area contributed by atoms with Gasteiger partial charge in [0.15, 0.2) is 0 Å². The van der Waals surface area contributed by atoms with E-state index >= 15 is 0 Å². The largest absolute Gasteiger partial charge is 0.465 e. The second-order valence-corrected chi connectivity index (χ2v) is 3.47. The third-order valence-electron chi connectivity index (χ3n) is 2.39. The molecule has 0 unspecified atom stereocenters. The van der Waals surface area contributed by atoms with E-state index in [-0.39, 0.29) is 19.2 Å². The molecule has 0 saturated heterocycles. The van der Waals surface area contributed by atoms with Gasteiger partial charge in [0.2, 0.25) is 0 Å². The lowest BCUT2D eigenvalue weighted by Crippen LogP contribution is -2.29. The summed E-state index contributed by atoms with van der Waals surface area (Å²) in [5.74, 6) is -0.382. The molecular weight excluding hydrogens is 222 g/mol. The van der Waals surface area contributed by atoms with Crippen LogP contribution in [-0.4, -0.2) is 49.6 Å². The Labute approximate surface area is 100 Å². The number of carbonyl (C=O) groups excluding carboxylic acids is 1. The molecule has 0 heterocycles. The number of ether oxygens (including phenoxy) is 1. The molecule has 0 aliphatic rings. The minimum atomic E-state index is -0.382. The number of hydrogen-bond donors (Lipinski definition) is 2. The van der Waals surface area contributed by atoms with Crippen molar-refractivity contribution >= 4 is 11.7 Å². The number of aliphatic hydroxyl groups is 2. The van der Waals surface area contributed by atoms with Crippen LogP contribution in [0.1, 0.15) is 10.4 Å². The van der Waals surface area contributed by atoms with Crippen molar-refractivity contribution in [1.82, 2.24) is 0 Å². The molecule has 94 valence electrons. The van der Waals surface area contributed by atoms with Crippen LogP contribution in [0.5, 0.6) is 0 Å². The summed E-state index contributed by atoms with van der Waals surface area (Å²) in [5.41, 5.74) is 1.32. The summed E-state index contributed by atoms with van der Waals surface area (Å²) in [6.45, 7) is 0.910. The molecule has 0 spiro atoms. The minimum Gasteiger partial charge on any atom is -0.465 e. The van der Waals surface area contributed by atoms with Gasteiger partial charge >= 0.3 is 5.97 Å². The second-order valence-electron chi connectivity index (χ2n) is 3.47. The van der Waals surface area contributed by atoms with Crippen molar-refractivity contribution < 1.29 is 19.7 Å². The molecule has 0 aliphatic heterocycles. The molecule has 0 aromatic heterocycles. The molecule has 0 saturated carbocycles. The molecule has 1 aromatic rings. The van der Waals surface area contributed by atoms with Crippen molar-refractivity contribution in [2.24, 2.45) is 0 Å². The molecule has 0 aliphatic carbocycles. The van der Waals surface area contributed by atoms with E-state index in [1.807, 2.05) is 4.90 Å². The first-order valence-electron chi connectivity index (χ1n) is 5.38. The lowest BCUT2D eigenvalue weighted by Gasteiger charge is -2.22. The van der Waals surface area contributed by atoms with Crippen LogP contribution in [-0.2, 0) is 4.74 Å². The van der Waals surface area contributed by atoms with E-state index in [9.17, 15) is 4.79 Å². The number of carbonyl (C=O) groups is 1. The smallest absolute Gasteiger partial charge is 0.337 e. The number of hydrogen-bond acceptors (Lipinski definition) is 5. The van der Waals surface area contributed by atoms with Crippen LogP contribution in [0, 0.1) is 0 Å². The van der Waals surface area contributed by atoms with Gasteiger partial charge in [-0.1, -0.05) is 0 Å². The monoisotopic (exact) mass is 239 g/mol. The molecule has 5 nitrogen and oxygen atoms in total. The number of benzene rings is 1. The van der Waals surface area contributed by atoms with Crippen molar-refractivity contribution in [1.29, 1.82) is 0 Å². The number of rotatable bonds is 6. The third kappa shape index (κ3) is 3.72. The molecular formula is C12H17NO4. The number of anilines is 1. The van der Waals surface area contributed by atoms with Crippen molar-refractivity contribution in [2.45, 2.75) is 0 Å². The van der Waals surface area contributed by atoms with Gasteiger partial charge in [-0.3, -0.25) is 0 Å². The maximum atomic E-state index is 11.2. The average Bonchev–Trinajstić information content (AvgIpc) is 2.38. The van der Waals surface area contributed by atoms with E-state index in [1.54, 1.807) is 24.3 Å². The minimum absolute atomic E-state index is 0.0127. The zero-order valence-electron chi connectivity index (χ0n) is 9.80. The fraction of sp³-hybridized carbons (Fsp3) is 0.417. The molecule has 17 heavy (non-hydrogen) atoms. The van der Waals surface area contributed by atoms with E-state index in [0.717, 1.165) is 5.69 Å². The van der Waals surface area contributed by atoms with Crippen LogP contribution in [0.25, 0.3) is 0 Å². The Kier molecular flexibility index (Phi) is 5.45. The Morgan fingerprint density at radius 1 is 1.18 bits per heavy atom. The van der Waals surface area contributed by atoms with Gasteiger partial charge in [-0.2, -0.15) is 0 Å². The SMILES string of the molecule is COC(=O)c1ccc(N(CCO)CCO)cc1. The predicted molar refractivity (Wildman–Crippen MR) is 64.2 cm³/mol. The zero-order valence-corrected chi connectivity index (χ0v) is 9.80. The highest BCUT2D eigenvalue weighted by atomic mass is 16.5. The Hall–Kier alpha value is -1.59. The summed E-state index contributed by atoms with van der Waals surface area (Å²) < 4.78 is 4.60. The van der Waals surface area contributed by atoms with Gasteiger partial charge < -0.3 is 19.8 Å². The van der Waals surface area contributed by atoms with Crippen LogP contribution in [0.2, 0.25) is 0 Å². The van der Waals surface area contributed by atoms with Crippen LogP contribution in [0.3, 0.4) is 0 Å². The fourth-order valence-corrected chi connectivity index (χ4v) is 1.54. The van der Waals surface area contributed by atoms with Crippen LogP contribution < -0.4 is 4.90 Å². The quantitative estimate of drug-likeness (QED) is 0.697. The maximum absolute atomic E-state index is 11.2. The van der Waals surface area contributed by atoms with Gasteiger partial charge in [-0.25, -0.2) is 4.79 Å². The van der Waals surface area contributed by atoms with Crippen LogP contribution >= 0.6 is 0 Å². The lowest BCUT2D eigenvalue weighted by molar-refractivity contribution is 0.0600. The molecule has 0 atom stereocenters. The van der Waals surface area contributed by atoms with E-state index in [1.165, 1.54) is 7.11 Å². The van der Waals surface area contributed by atoms with E-state index in [2.05, 4.69) is 4.74 Å². The van der Waals surface area contributed by atoms with Crippen molar-refractivity contribution in [3.8, 4) is 0 Å². The number of aliphatic hydroxyl groups excluding tert-OH is 2. The van der Waals surface area contributed by atoms with Gasteiger partial charge in [0.05, 0.1) is 25.9 Å². The average molecular weight is 239 g/mol. The number of nitrogens with zero attached hydrogens (tertiary/aromatic N) is 1. The molecule has 1 aromatic carbocycles. The van der Waals surface area contributed by atoms with Gasteiger partial charge in [0.1, 0.15) is 0 Å². The van der Waals surface area contributed by atoms with Gasteiger partial charge in [0.25, 0.3) is 0 Å². The Balaban J connectivity index is 2.80. The molecule has 0 radical (unpaired) electrons. The van der Waals surface area contributed by atoms with E-state index in [4.69, 9.17) is 10.2 Å². The normalized spacial score (nSPS) is 10.1. The van der Waals surface area contributed by atoms with Crippen molar-refractivity contribution in [3.63, 3.8) is 0 Å². The van der Waals surface area contributed by atoms with Gasteiger partial charge in [-0.15, -0.1) is 0 Å². The number of methoxy groups -OCH3 is 1. The fourth-order valence-electron chi connectivity index (χ4n) is 1.54. The van der Waals surface area contributed by atoms with E-state index < -0.39 is 0 Å². The summed E-state index contributed by atoms with van der Waals surface area (Å²) in [4.78, 5) is 13.1. The third-order valence-corrected chi connectivity index (χ3v) is 2.39. The summed E-state index contributed by atoms with van der Waals surface area (Å²) in [5, 5.41) is 17.8. The summed E-state index contributed by atoms with van der Waals surface area (Å²) in [7, 11) is 1.33. The highest BCUT2D eigenvalue weighted by molar-refractivity contribution is 5.89.